The average Bonchev–Trinajstić information content (AvgIpc) is 3.03. The van der Waals surface area contributed by atoms with Crippen LogP contribution in [0.5, 0.6) is 0 Å². The number of imidazole rings is 1. The molecule has 0 saturated carbocycles. The summed E-state index contributed by atoms with van der Waals surface area (Å²) >= 11 is 0. The summed E-state index contributed by atoms with van der Waals surface area (Å²) in [6.07, 6.45) is 4.69. The quantitative estimate of drug-likeness (QED) is 0.192. The van der Waals surface area contributed by atoms with Gasteiger partial charge in [0, 0.05) is 20.4 Å². The van der Waals surface area contributed by atoms with Gasteiger partial charge in [0.05, 0.1) is 5.56 Å². The van der Waals surface area contributed by atoms with E-state index in [0.717, 1.165) is 5.56 Å². The molecule has 0 aliphatic carbocycles. The third-order valence-corrected chi connectivity index (χ3v) is 3.60. The van der Waals surface area contributed by atoms with E-state index in [0.29, 0.717) is 6.54 Å². The van der Waals surface area contributed by atoms with E-state index >= 15 is 0 Å². The second kappa shape index (κ2) is 13.1. The number of aromatic nitrogens is 2. The fourth-order valence-electron chi connectivity index (χ4n) is 2.39. The summed E-state index contributed by atoms with van der Waals surface area (Å²) in [5.74, 6) is -9.65. The molecule has 0 atom stereocenters. The van der Waals surface area contributed by atoms with Crippen molar-refractivity contribution in [3.05, 3.63) is 89.3 Å². The molecule has 29 heavy (non-hydrogen) atoms. The van der Waals surface area contributed by atoms with Gasteiger partial charge in [0.15, 0.2) is 23.3 Å². The summed E-state index contributed by atoms with van der Waals surface area (Å²) in [7, 11) is 0. The molecule has 0 N–H and O–H groups in total. The number of halogens is 5. The van der Waals surface area contributed by atoms with Crippen LogP contribution in [0.15, 0.2) is 49.1 Å². The fraction of sp³-hybridized carbons (Fsp3) is 0.118. The van der Waals surface area contributed by atoms with Crippen LogP contribution in [0.3, 0.4) is 0 Å². The van der Waals surface area contributed by atoms with Gasteiger partial charge in [0.1, 0.15) is 25.5 Å². The Morgan fingerprint density at radius 1 is 0.724 bits per heavy atom. The van der Waals surface area contributed by atoms with Gasteiger partial charge in [-0.15, -0.1) is 0 Å². The van der Waals surface area contributed by atoms with E-state index in [1.807, 2.05) is 30.3 Å². The molecule has 12 heteroatoms. The van der Waals surface area contributed by atoms with Gasteiger partial charge in [0.2, 0.25) is 12.1 Å². The maximum Gasteiger partial charge on any atom is 0.244 e. The third kappa shape index (κ3) is 6.67. The van der Waals surface area contributed by atoms with Crippen LogP contribution in [0, 0.1) is 29.1 Å². The topological polar surface area (TPSA) is 123 Å². The first-order valence-corrected chi connectivity index (χ1v) is 7.06. The zero-order chi connectivity index (χ0) is 17.3. The molecular weight excluding hydrogens is 577 g/mol. The minimum atomic E-state index is -2.15. The first-order chi connectivity index (χ1) is 11.5. The molecule has 0 aliphatic rings. The van der Waals surface area contributed by atoms with Crippen molar-refractivity contribution in [2.24, 2.45) is 0 Å². The Morgan fingerprint density at radius 2 is 1.21 bits per heavy atom. The summed E-state index contributed by atoms with van der Waals surface area (Å²) in [5.41, 5.74) is 0.144. The zero-order valence-corrected chi connectivity index (χ0v) is 17.0. The Hall–Kier alpha value is -2.20. The van der Waals surface area contributed by atoms with Crippen molar-refractivity contribution in [3.8, 4) is 0 Å². The molecule has 3 rings (SSSR count). The first-order valence-electron chi connectivity index (χ1n) is 7.06. The normalized spacial score (nSPS) is 9.14. The van der Waals surface area contributed by atoms with Gasteiger partial charge >= 0.3 is 0 Å². The number of rotatable bonds is 4. The van der Waals surface area contributed by atoms with E-state index in [1.54, 1.807) is 10.8 Å². The summed E-state index contributed by atoms with van der Waals surface area (Å²) in [4.78, 5) is 0. The molecule has 0 amide bonds. The molecule has 0 fully saturated rings. The number of benzene rings is 2. The van der Waals surface area contributed by atoms with Gasteiger partial charge in [-0.25, -0.2) is 31.1 Å². The largest absolute Gasteiger partial charge is 2.00 e. The summed E-state index contributed by atoms with van der Waals surface area (Å²) in [6.45, 7) is 0.0541. The predicted molar refractivity (Wildman–Crippen MR) is 78.3 cm³/mol. The van der Waals surface area contributed by atoms with E-state index in [9.17, 15) is 22.0 Å². The van der Waals surface area contributed by atoms with Crippen molar-refractivity contribution in [1.82, 2.24) is 4.57 Å². The summed E-state index contributed by atoms with van der Waals surface area (Å²) in [5, 5.41) is 0. The van der Waals surface area contributed by atoms with Crippen LogP contribution in [0.25, 0.3) is 0 Å². The molecule has 0 saturated heterocycles. The Bertz CT molecular complexity index is 868. The van der Waals surface area contributed by atoms with E-state index in [1.165, 1.54) is 17.1 Å². The second-order valence-corrected chi connectivity index (χ2v) is 5.29. The zero-order valence-electron chi connectivity index (χ0n) is 14.3. The molecule has 1 aromatic heterocycles. The number of hydrogen-bond acceptors (Lipinski definition) is 0. The molecule has 0 unspecified atom stereocenters. The van der Waals surface area contributed by atoms with E-state index in [2.05, 4.69) is 0 Å². The van der Waals surface area contributed by atoms with Crippen molar-refractivity contribution in [1.29, 1.82) is 0 Å². The standard InChI is InChI=1S/C17H12F5N2.4O.Re/c18-13-12(14(19)16(21)17(22)15(13)20)9-24-7-6-23(10-24)8-11-4-2-1-3-5-11;;;;;/h1-7,10H,8-9H2;;;;;/q+1;4*-2;. The second-order valence-electron chi connectivity index (χ2n) is 5.29. The van der Waals surface area contributed by atoms with Crippen LogP contribution in [-0.4, -0.2) is 4.57 Å². The van der Waals surface area contributed by atoms with Crippen molar-refractivity contribution < 1.29 is 68.8 Å². The molecule has 6 nitrogen and oxygen atoms in total. The van der Waals surface area contributed by atoms with Crippen molar-refractivity contribution in [3.63, 3.8) is 0 Å². The van der Waals surface area contributed by atoms with Gasteiger partial charge in [-0.2, -0.15) is 0 Å². The smallest absolute Gasteiger partial charge is 0.244 e. The van der Waals surface area contributed by atoms with Crippen molar-refractivity contribution in [2.75, 3.05) is 0 Å². The van der Waals surface area contributed by atoms with Crippen LogP contribution in [0.4, 0.5) is 22.0 Å². The third-order valence-electron chi connectivity index (χ3n) is 3.60. The van der Waals surface area contributed by atoms with Gasteiger partial charge in [-0.3, -0.25) is 0 Å². The Labute approximate surface area is 176 Å². The molecule has 1 heterocycles. The van der Waals surface area contributed by atoms with Crippen LogP contribution in [-0.2, 0) is 55.4 Å². The molecular formula is C17H12F5N2O4Re-7. The molecule has 0 spiro atoms. The molecule has 3 aromatic rings. The SMILES string of the molecule is Fc1c(F)c(F)c(Cn2cc[n+](Cc3ccccc3)c2)c(F)c1F.[O-2].[O-2].[O-2].[O-2].[Re]. The van der Waals surface area contributed by atoms with E-state index in [-0.39, 0.29) is 42.3 Å². The Kier molecular flexibility index (Phi) is 14.2. The molecule has 0 aliphatic heterocycles. The van der Waals surface area contributed by atoms with Crippen LogP contribution >= 0.6 is 0 Å². The van der Waals surface area contributed by atoms with E-state index < -0.39 is 41.2 Å². The molecule has 2 aromatic carbocycles. The maximum absolute atomic E-state index is 13.7. The van der Waals surface area contributed by atoms with Gasteiger partial charge in [-0.1, -0.05) is 30.3 Å². The Morgan fingerprint density at radius 3 is 1.72 bits per heavy atom. The van der Waals surface area contributed by atoms with Crippen molar-refractivity contribution in [2.45, 2.75) is 13.1 Å². The van der Waals surface area contributed by atoms with Crippen molar-refractivity contribution >= 4 is 0 Å². The number of hydrogen-bond donors (Lipinski definition) is 0. The van der Waals surface area contributed by atoms with Gasteiger partial charge in [-0.05, 0) is 5.56 Å². The van der Waals surface area contributed by atoms with E-state index in [4.69, 9.17) is 0 Å². The van der Waals surface area contributed by atoms with Crippen LogP contribution in [0.2, 0.25) is 0 Å². The predicted octanol–water partition coefficient (Wildman–Crippen LogP) is 3.09. The van der Waals surface area contributed by atoms with Gasteiger partial charge < -0.3 is 21.9 Å². The molecule has 163 valence electrons. The summed E-state index contributed by atoms with van der Waals surface area (Å²) < 4.78 is 70.0. The Balaban J connectivity index is -0.00000135. The maximum atomic E-state index is 13.7. The van der Waals surface area contributed by atoms with Crippen LogP contribution in [0.1, 0.15) is 11.1 Å². The minimum Gasteiger partial charge on any atom is -2.00 e. The first kappa shape index (κ1) is 31.5. The number of nitrogens with zero attached hydrogens (tertiary/aromatic N) is 2. The molecule has 1 radical (unpaired) electrons. The fourth-order valence-corrected chi connectivity index (χ4v) is 2.39. The average molecular weight is 589 g/mol. The van der Waals surface area contributed by atoms with Gasteiger partial charge in [0.25, 0.3) is 0 Å². The summed E-state index contributed by atoms with van der Waals surface area (Å²) in [6, 6.07) is 9.45. The van der Waals surface area contributed by atoms with Crippen LogP contribution < -0.4 is 4.57 Å². The molecule has 0 bridgehead atoms. The minimum absolute atomic E-state index is 0. The monoisotopic (exact) mass is 590 g/mol.